The first-order valence-corrected chi connectivity index (χ1v) is 13.1. The third-order valence-electron chi connectivity index (χ3n) is 6.74. The fraction of sp³-hybridized carbons (Fsp3) is 0.500. The third-order valence-corrected chi connectivity index (χ3v) is 8.43. The zero-order chi connectivity index (χ0) is 26.3. The van der Waals surface area contributed by atoms with Gasteiger partial charge in [0.2, 0.25) is 5.95 Å². The second kappa shape index (κ2) is 10.3. The highest BCUT2D eigenvalue weighted by Crippen LogP contribution is 2.41. The molecule has 0 radical (unpaired) electrons. The molecule has 1 saturated heterocycles. The van der Waals surface area contributed by atoms with Gasteiger partial charge in [-0.15, -0.1) is 0 Å². The number of aromatic nitrogens is 1. The van der Waals surface area contributed by atoms with Crippen LogP contribution in [0.15, 0.2) is 35.2 Å². The van der Waals surface area contributed by atoms with Crippen molar-refractivity contribution in [2.75, 3.05) is 30.2 Å². The summed E-state index contributed by atoms with van der Waals surface area (Å²) >= 11 is 6.28. The maximum absolute atomic E-state index is 14.9. The minimum atomic E-state index is -4.49. The average molecular weight is 554 g/mol. The van der Waals surface area contributed by atoms with Crippen LogP contribution in [0.1, 0.15) is 19.3 Å². The average Bonchev–Trinajstić information content (AvgIpc) is 2.73. The van der Waals surface area contributed by atoms with Crippen LogP contribution in [0.2, 0.25) is 5.02 Å². The predicted octanol–water partition coefficient (Wildman–Crippen LogP) is 4.23. The number of hydrogen-bond donors (Lipinski definition) is 3. The standard InChI is InChI=1S/C22H25ClF5N5O2S/c1-33(13-10-29-11-13)18-7-12(22(26,27)28)5-6-16(18)30-17-9-15(24)19(8-14(17)23)36(34,35)32-21-4-2-3-20(25)31-21/h2-4,8-9,12-13,16,18,29-30H,5-7,10-11H2,1H3,(H,31,32)/t12-,16-,18-/m0/s1. The molecule has 36 heavy (non-hydrogen) atoms. The van der Waals surface area contributed by atoms with E-state index in [1.807, 2.05) is 9.62 Å². The Labute approximate surface area is 210 Å². The van der Waals surface area contributed by atoms with E-state index in [4.69, 9.17) is 11.6 Å². The van der Waals surface area contributed by atoms with Crippen molar-refractivity contribution in [2.24, 2.45) is 5.92 Å². The molecule has 0 bridgehead atoms. The van der Waals surface area contributed by atoms with Crippen molar-refractivity contribution in [3.8, 4) is 0 Å². The highest BCUT2D eigenvalue weighted by molar-refractivity contribution is 7.92. The molecule has 1 aliphatic carbocycles. The minimum absolute atomic E-state index is 0.0672. The van der Waals surface area contributed by atoms with Gasteiger partial charge in [0.05, 0.1) is 16.6 Å². The molecular weight excluding hydrogens is 529 g/mol. The number of anilines is 2. The van der Waals surface area contributed by atoms with Crippen LogP contribution in [0.5, 0.6) is 0 Å². The van der Waals surface area contributed by atoms with Crippen molar-refractivity contribution in [1.82, 2.24) is 15.2 Å². The van der Waals surface area contributed by atoms with Crippen LogP contribution in [-0.4, -0.2) is 62.7 Å². The summed E-state index contributed by atoms with van der Waals surface area (Å²) in [6, 6.07) is 4.35. The van der Waals surface area contributed by atoms with E-state index in [1.165, 1.54) is 12.1 Å². The number of pyridine rings is 1. The molecule has 0 spiro atoms. The fourth-order valence-corrected chi connectivity index (χ4v) is 5.97. The van der Waals surface area contributed by atoms with Gasteiger partial charge >= 0.3 is 6.18 Å². The number of alkyl halides is 3. The lowest BCUT2D eigenvalue weighted by Gasteiger charge is -2.47. The van der Waals surface area contributed by atoms with Gasteiger partial charge < -0.3 is 10.6 Å². The Bertz CT molecular complexity index is 1210. The molecule has 2 fully saturated rings. The van der Waals surface area contributed by atoms with Gasteiger partial charge in [-0.3, -0.25) is 9.62 Å². The van der Waals surface area contributed by atoms with Crippen molar-refractivity contribution in [3.05, 3.63) is 47.1 Å². The molecule has 14 heteroatoms. The Morgan fingerprint density at radius 3 is 2.50 bits per heavy atom. The van der Waals surface area contributed by atoms with E-state index in [1.54, 1.807) is 7.05 Å². The van der Waals surface area contributed by atoms with Gasteiger partial charge in [0.25, 0.3) is 10.0 Å². The Morgan fingerprint density at radius 2 is 1.89 bits per heavy atom. The minimum Gasteiger partial charge on any atom is -0.379 e. The molecule has 0 unspecified atom stereocenters. The molecule has 1 aliphatic heterocycles. The Morgan fingerprint density at radius 1 is 1.17 bits per heavy atom. The predicted molar refractivity (Wildman–Crippen MR) is 125 cm³/mol. The maximum Gasteiger partial charge on any atom is 0.391 e. The summed E-state index contributed by atoms with van der Waals surface area (Å²) in [5, 5.41) is 6.02. The lowest BCUT2D eigenvalue weighted by molar-refractivity contribution is -0.187. The zero-order valence-electron chi connectivity index (χ0n) is 19.1. The van der Waals surface area contributed by atoms with Gasteiger partial charge in [-0.25, -0.2) is 17.8 Å². The smallest absolute Gasteiger partial charge is 0.379 e. The summed E-state index contributed by atoms with van der Waals surface area (Å²) in [6.07, 6.45) is -4.35. The van der Waals surface area contributed by atoms with Crippen LogP contribution in [0.4, 0.5) is 33.5 Å². The molecule has 0 amide bonds. The molecule has 198 valence electrons. The second-order valence-corrected chi connectivity index (χ2v) is 11.1. The maximum atomic E-state index is 14.9. The summed E-state index contributed by atoms with van der Waals surface area (Å²) < 4.78 is 96.0. The summed E-state index contributed by atoms with van der Waals surface area (Å²) in [4.78, 5) is 4.52. The Balaban J connectivity index is 1.56. The summed E-state index contributed by atoms with van der Waals surface area (Å²) in [5.41, 5.74) is 0.0672. The van der Waals surface area contributed by atoms with E-state index < -0.39 is 50.9 Å². The SMILES string of the molecule is CN(C1CNC1)[C@H]1C[C@@H](C(F)(F)F)CC[C@@H]1Nc1cc(F)c(S(=O)(=O)Nc2cccc(F)n2)cc1Cl. The first-order chi connectivity index (χ1) is 16.8. The molecule has 2 heterocycles. The highest BCUT2D eigenvalue weighted by Gasteiger charge is 2.47. The topological polar surface area (TPSA) is 86.4 Å². The molecular formula is C22H25ClF5N5O2S. The molecule has 1 saturated carbocycles. The van der Waals surface area contributed by atoms with E-state index in [2.05, 4.69) is 15.6 Å². The Hall–Kier alpha value is -2.22. The van der Waals surface area contributed by atoms with Crippen LogP contribution < -0.4 is 15.4 Å². The highest BCUT2D eigenvalue weighted by atomic mass is 35.5. The summed E-state index contributed by atoms with van der Waals surface area (Å²) in [7, 11) is -2.72. The molecule has 4 rings (SSSR count). The number of sulfonamides is 1. The second-order valence-electron chi connectivity index (χ2n) is 9.06. The molecule has 2 aliphatic rings. The van der Waals surface area contributed by atoms with E-state index in [0.29, 0.717) is 13.1 Å². The lowest BCUT2D eigenvalue weighted by Crippen LogP contribution is -2.62. The van der Waals surface area contributed by atoms with Gasteiger partial charge in [0, 0.05) is 31.2 Å². The van der Waals surface area contributed by atoms with E-state index >= 15 is 0 Å². The third kappa shape index (κ3) is 5.84. The van der Waals surface area contributed by atoms with E-state index in [-0.39, 0.29) is 41.8 Å². The van der Waals surface area contributed by atoms with E-state index in [9.17, 15) is 30.4 Å². The first kappa shape index (κ1) is 26.8. The van der Waals surface area contributed by atoms with Crippen molar-refractivity contribution in [2.45, 2.75) is 48.5 Å². The Kier molecular flexibility index (Phi) is 7.65. The summed E-state index contributed by atoms with van der Waals surface area (Å²) in [5.74, 6) is -3.85. The molecule has 3 atom stereocenters. The monoisotopic (exact) mass is 553 g/mol. The molecule has 2 aromatic rings. The number of nitrogens with zero attached hydrogens (tertiary/aromatic N) is 2. The largest absolute Gasteiger partial charge is 0.391 e. The summed E-state index contributed by atoms with van der Waals surface area (Å²) in [6.45, 7) is 1.32. The van der Waals surface area contributed by atoms with Crippen LogP contribution >= 0.6 is 11.6 Å². The number of hydrogen-bond acceptors (Lipinski definition) is 6. The van der Waals surface area contributed by atoms with Crippen LogP contribution in [0.3, 0.4) is 0 Å². The van der Waals surface area contributed by atoms with Crippen molar-refractivity contribution in [1.29, 1.82) is 0 Å². The first-order valence-electron chi connectivity index (χ1n) is 11.3. The zero-order valence-corrected chi connectivity index (χ0v) is 20.7. The van der Waals surface area contributed by atoms with Gasteiger partial charge in [-0.1, -0.05) is 17.7 Å². The van der Waals surface area contributed by atoms with Crippen LogP contribution in [0.25, 0.3) is 0 Å². The number of halogens is 6. The molecule has 1 aromatic heterocycles. The van der Waals surface area contributed by atoms with E-state index in [0.717, 1.165) is 18.2 Å². The number of nitrogens with one attached hydrogen (secondary N) is 3. The molecule has 3 N–H and O–H groups in total. The van der Waals surface area contributed by atoms with Crippen molar-refractivity contribution in [3.63, 3.8) is 0 Å². The lowest BCUT2D eigenvalue weighted by atomic mass is 9.80. The molecule has 7 nitrogen and oxygen atoms in total. The van der Waals surface area contributed by atoms with Crippen molar-refractivity contribution >= 4 is 33.1 Å². The molecule has 1 aromatic carbocycles. The number of benzene rings is 1. The normalized spacial score (nSPS) is 23.4. The van der Waals surface area contributed by atoms with Crippen molar-refractivity contribution < 1.29 is 30.4 Å². The van der Waals surface area contributed by atoms with Gasteiger partial charge in [-0.05, 0) is 50.6 Å². The van der Waals surface area contributed by atoms with Crippen LogP contribution in [0, 0.1) is 17.7 Å². The quantitative estimate of drug-likeness (QED) is 0.351. The van der Waals surface area contributed by atoms with Gasteiger partial charge in [-0.2, -0.15) is 17.6 Å². The van der Waals surface area contributed by atoms with Gasteiger partial charge in [0.15, 0.2) is 0 Å². The fourth-order valence-electron chi connectivity index (χ4n) is 4.60. The van der Waals surface area contributed by atoms with Crippen LogP contribution in [-0.2, 0) is 10.0 Å². The number of likely N-dealkylation sites (N-methyl/N-ethyl adjacent to an activating group) is 1. The van der Waals surface area contributed by atoms with Gasteiger partial charge in [0.1, 0.15) is 16.5 Å². The number of rotatable bonds is 7.